The molecule has 1 aromatic carbocycles. The van der Waals surface area contributed by atoms with Crippen LogP contribution in [0.1, 0.15) is 16.7 Å². The first-order valence-corrected chi connectivity index (χ1v) is 7.43. The van der Waals surface area contributed by atoms with E-state index in [1.165, 1.54) is 16.1 Å². The number of aromatic nitrogens is 3. The van der Waals surface area contributed by atoms with Gasteiger partial charge in [-0.3, -0.25) is 0 Å². The number of rotatable bonds is 5. The van der Waals surface area contributed by atoms with Crippen LogP contribution in [0.4, 0.5) is 5.69 Å². The number of nitrogens with zero attached hydrogens (tertiary/aromatic N) is 3. The van der Waals surface area contributed by atoms with Crippen LogP contribution >= 0.6 is 11.3 Å². The van der Waals surface area contributed by atoms with Crippen LogP contribution in [0.5, 0.6) is 0 Å². The second kappa shape index (κ2) is 5.88. The molecule has 0 radical (unpaired) electrons. The summed E-state index contributed by atoms with van der Waals surface area (Å²) in [4.78, 5) is 6.74. The molecule has 1 N–H and O–H groups in total. The van der Waals surface area contributed by atoms with Crippen molar-refractivity contribution in [2.75, 3.05) is 5.32 Å². The van der Waals surface area contributed by atoms with E-state index in [2.05, 4.69) is 46.6 Å². The lowest BCUT2D eigenvalue weighted by atomic mass is 10.3. The second-order valence-electron chi connectivity index (χ2n) is 4.46. The van der Waals surface area contributed by atoms with Crippen molar-refractivity contribution in [3.63, 3.8) is 0 Å². The normalized spacial score (nSPS) is 10.7. The van der Waals surface area contributed by atoms with Crippen molar-refractivity contribution in [3.8, 4) is 5.69 Å². The molecule has 0 aliphatic carbocycles. The SMILES string of the molecule is CCc1ccc(CNc2ccc(-n3cncn3)cc2)s1. The van der Waals surface area contributed by atoms with Gasteiger partial charge in [0.1, 0.15) is 12.7 Å². The minimum Gasteiger partial charge on any atom is -0.380 e. The Morgan fingerprint density at radius 1 is 1.10 bits per heavy atom. The topological polar surface area (TPSA) is 42.7 Å². The molecule has 0 saturated heterocycles. The molecule has 0 atom stereocenters. The van der Waals surface area contributed by atoms with Crippen LogP contribution < -0.4 is 5.32 Å². The Kier molecular flexibility index (Phi) is 3.78. The maximum atomic E-state index is 4.11. The summed E-state index contributed by atoms with van der Waals surface area (Å²) in [6, 6.07) is 12.6. The fourth-order valence-electron chi connectivity index (χ4n) is 1.97. The van der Waals surface area contributed by atoms with Gasteiger partial charge < -0.3 is 5.32 Å². The minimum atomic E-state index is 0.868. The van der Waals surface area contributed by atoms with Crippen molar-refractivity contribution >= 4 is 17.0 Å². The molecule has 0 unspecified atom stereocenters. The first kappa shape index (κ1) is 12.9. The molecule has 0 amide bonds. The van der Waals surface area contributed by atoms with Gasteiger partial charge in [0.05, 0.1) is 5.69 Å². The highest BCUT2D eigenvalue weighted by Crippen LogP contribution is 2.19. The molecule has 0 aliphatic heterocycles. The van der Waals surface area contributed by atoms with E-state index in [4.69, 9.17) is 0 Å². The third-order valence-corrected chi connectivity index (χ3v) is 4.31. The van der Waals surface area contributed by atoms with Crippen molar-refractivity contribution in [3.05, 3.63) is 58.8 Å². The summed E-state index contributed by atoms with van der Waals surface area (Å²) < 4.78 is 1.75. The fourth-order valence-corrected chi connectivity index (χ4v) is 2.87. The van der Waals surface area contributed by atoms with E-state index in [9.17, 15) is 0 Å². The molecule has 0 bridgehead atoms. The summed E-state index contributed by atoms with van der Waals surface area (Å²) >= 11 is 1.87. The Morgan fingerprint density at radius 2 is 1.90 bits per heavy atom. The Bertz CT molecular complexity index is 656. The van der Waals surface area contributed by atoms with Gasteiger partial charge in [-0.05, 0) is 42.8 Å². The molecule has 2 aromatic heterocycles. The molecule has 0 spiro atoms. The summed E-state index contributed by atoms with van der Waals surface area (Å²) in [6.45, 7) is 3.05. The minimum absolute atomic E-state index is 0.868. The highest BCUT2D eigenvalue weighted by molar-refractivity contribution is 7.12. The quantitative estimate of drug-likeness (QED) is 0.779. The third kappa shape index (κ3) is 2.88. The second-order valence-corrected chi connectivity index (χ2v) is 5.71. The molecule has 5 heteroatoms. The zero-order chi connectivity index (χ0) is 13.8. The summed E-state index contributed by atoms with van der Waals surface area (Å²) in [5.41, 5.74) is 2.12. The maximum absolute atomic E-state index is 4.11. The number of nitrogens with one attached hydrogen (secondary N) is 1. The molecule has 0 saturated carbocycles. The van der Waals surface area contributed by atoms with Gasteiger partial charge in [0, 0.05) is 22.0 Å². The summed E-state index contributed by atoms with van der Waals surface area (Å²) in [5, 5.41) is 7.54. The van der Waals surface area contributed by atoms with E-state index >= 15 is 0 Å². The zero-order valence-electron chi connectivity index (χ0n) is 11.3. The Labute approximate surface area is 122 Å². The molecule has 2 heterocycles. The Balaban J connectivity index is 1.63. The Morgan fingerprint density at radius 3 is 2.55 bits per heavy atom. The summed E-state index contributed by atoms with van der Waals surface area (Å²) in [7, 11) is 0. The van der Waals surface area contributed by atoms with Crippen LogP contribution in [-0.4, -0.2) is 14.8 Å². The van der Waals surface area contributed by atoms with E-state index in [0.717, 1.165) is 24.3 Å². The summed E-state index contributed by atoms with van der Waals surface area (Å²) in [6.07, 6.45) is 4.34. The number of benzene rings is 1. The predicted octanol–water partition coefficient (Wildman–Crippen LogP) is 3.50. The number of aryl methyl sites for hydroxylation is 1. The van der Waals surface area contributed by atoms with E-state index in [1.807, 2.05) is 23.5 Å². The van der Waals surface area contributed by atoms with Crippen LogP contribution in [0.2, 0.25) is 0 Å². The molecule has 0 fully saturated rings. The lowest BCUT2D eigenvalue weighted by molar-refractivity contribution is 0.879. The van der Waals surface area contributed by atoms with Crippen molar-refractivity contribution in [1.82, 2.24) is 14.8 Å². The van der Waals surface area contributed by atoms with Crippen LogP contribution in [0, 0.1) is 0 Å². The average molecular weight is 284 g/mol. The highest BCUT2D eigenvalue weighted by atomic mass is 32.1. The van der Waals surface area contributed by atoms with Crippen LogP contribution in [0.3, 0.4) is 0 Å². The van der Waals surface area contributed by atoms with Crippen molar-refractivity contribution < 1.29 is 0 Å². The van der Waals surface area contributed by atoms with Gasteiger partial charge in [-0.25, -0.2) is 9.67 Å². The Hall–Kier alpha value is -2.14. The van der Waals surface area contributed by atoms with E-state index in [0.29, 0.717) is 0 Å². The molecule has 20 heavy (non-hydrogen) atoms. The van der Waals surface area contributed by atoms with Gasteiger partial charge in [-0.1, -0.05) is 6.92 Å². The third-order valence-electron chi connectivity index (χ3n) is 3.08. The fraction of sp³-hybridized carbons (Fsp3) is 0.200. The van der Waals surface area contributed by atoms with Crippen molar-refractivity contribution in [2.45, 2.75) is 19.9 Å². The van der Waals surface area contributed by atoms with E-state index in [1.54, 1.807) is 11.0 Å². The van der Waals surface area contributed by atoms with Crippen molar-refractivity contribution in [2.24, 2.45) is 0 Å². The highest BCUT2D eigenvalue weighted by Gasteiger charge is 2.00. The standard InChI is InChI=1S/C15H16N4S/c1-2-14-7-8-15(20-14)9-17-12-3-5-13(6-4-12)19-11-16-10-18-19/h3-8,10-11,17H,2,9H2,1H3. The van der Waals surface area contributed by atoms with Gasteiger partial charge in [0.25, 0.3) is 0 Å². The van der Waals surface area contributed by atoms with Gasteiger partial charge in [0.15, 0.2) is 0 Å². The van der Waals surface area contributed by atoms with Gasteiger partial charge in [-0.2, -0.15) is 5.10 Å². The molecule has 102 valence electrons. The lowest BCUT2D eigenvalue weighted by Gasteiger charge is -2.06. The summed E-state index contributed by atoms with van der Waals surface area (Å²) in [5.74, 6) is 0. The van der Waals surface area contributed by atoms with Gasteiger partial charge in [0.2, 0.25) is 0 Å². The van der Waals surface area contributed by atoms with Crippen molar-refractivity contribution in [1.29, 1.82) is 0 Å². The average Bonchev–Trinajstić information content (AvgIpc) is 3.17. The zero-order valence-corrected chi connectivity index (χ0v) is 12.1. The predicted molar refractivity (Wildman–Crippen MR) is 82.4 cm³/mol. The smallest absolute Gasteiger partial charge is 0.138 e. The maximum Gasteiger partial charge on any atom is 0.138 e. The molecule has 4 nitrogen and oxygen atoms in total. The molecule has 3 rings (SSSR count). The number of hydrogen-bond donors (Lipinski definition) is 1. The molecule has 0 aliphatic rings. The monoisotopic (exact) mass is 284 g/mol. The van der Waals surface area contributed by atoms with Gasteiger partial charge in [-0.15, -0.1) is 11.3 Å². The van der Waals surface area contributed by atoms with E-state index in [-0.39, 0.29) is 0 Å². The molecule has 3 aromatic rings. The van der Waals surface area contributed by atoms with Crippen LogP contribution in [0.15, 0.2) is 49.1 Å². The van der Waals surface area contributed by atoms with Crippen LogP contribution in [-0.2, 0) is 13.0 Å². The number of hydrogen-bond acceptors (Lipinski definition) is 4. The lowest BCUT2D eigenvalue weighted by Crippen LogP contribution is -1.98. The molecular weight excluding hydrogens is 268 g/mol. The largest absolute Gasteiger partial charge is 0.380 e. The van der Waals surface area contributed by atoms with Gasteiger partial charge >= 0.3 is 0 Å². The first-order valence-electron chi connectivity index (χ1n) is 6.61. The number of anilines is 1. The molecular formula is C15H16N4S. The van der Waals surface area contributed by atoms with Crippen LogP contribution in [0.25, 0.3) is 5.69 Å². The first-order chi connectivity index (χ1) is 9.85. The number of thiophene rings is 1. The van der Waals surface area contributed by atoms with E-state index < -0.39 is 0 Å².